The van der Waals surface area contributed by atoms with E-state index >= 15 is 0 Å². The second-order valence-electron chi connectivity index (χ2n) is 8.17. The topological polar surface area (TPSA) is 58.7 Å². The lowest BCUT2D eigenvalue weighted by atomic mass is 9.56. The molecule has 0 saturated carbocycles. The summed E-state index contributed by atoms with van der Waals surface area (Å²) in [6, 6.07) is 20.5. The molecule has 148 valence electrons. The summed E-state index contributed by atoms with van der Waals surface area (Å²) in [6.45, 7) is 8.60. The van der Waals surface area contributed by atoms with Gasteiger partial charge >= 0.3 is 6.03 Å². The summed E-state index contributed by atoms with van der Waals surface area (Å²) in [6.07, 6.45) is 2.94. The Morgan fingerprint density at radius 1 is 1.07 bits per heavy atom. The number of hydrogen-bond donors (Lipinski definition) is 1. The van der Waals surface area contributed by atoms with Crippen LogP contribution in [0.2, 0.25) is 0 Å². The number of nitrogens with two attached hydrogens (primary N) is 1. The van der Waals surface area contributed by atoms with Gasteiger partial charge in [0, 0.05) is 0 Å². The van der Waals surface area contributed by atoms with Gasteiger partial charge in [-0.1, -0.05) is 80.9 Å². The number of benzene rings is 2. The van der Waals surface area contributed by atoms with Gasteiger partial charge in [0.1, 0.15) is 0 Å². The van der Waals surface area contributed by atoms with Crippen molar-refractivity contribution in [1.29, 1.82) is 0 Å². The van der Waals surface area contributed by atoms with E-state index in [1.54, 1.807) is 0 Å². The van der Waals surface area contributed by atoms with Crippen LogP contribution < -0.4 is 5.73 Å². The van der Waals surface area contributed by atoms with Gasteiger partial charge in [0.15, 0.2) is 0 Å². The third-order valence-electron chi connectivity index (χ3n) is 6.32. The Balaban J connectivity index is 2.29. The molecule has 4 heteroatoms. The molecule has 0 spiro atoms. The van der Waals surface area contributed by atoms with Crippen LogP contribution in [-0.4, -0.2) is 22.3 Å². The van der Waals surface area contributed by atoms with E-state index in [4.69, 9.17) is 10.8 Å². The SMILES string of the molecule is CCCCC1=NN(C(N)=O)C(C)(C)C1(c1ccccc1)[C@@H](C)c1ccccc1. The van der Waals surface area contributed by atoms with Crippen LogP contribution in [0.15, 0.2) is 65.8 Å². The van der Waals surface area contributed by atoms with Crippen LogP contribution in [0, 0.1) is 0 Å². The molecular formula is C24H31N3O. The molecule has 0 aromatic heterocycles. The van der Waals surface area contributed by atoms with Gasteiger partial charge in [-0.05, 0) is 43.7 Å². The minimum absolute atomic E-state index is 0.117. The Morgan fingerprint density at radius 3 is 2.18 bits per heavy atom. The minimum atomic E-state index is -0.599. The van der Waals surface area contributed by atoms with E-state index in [9.17, 15) is 4.79 Å². The fourth-order valence-corrected chi connectivity index (χ4v) is 5.00. The molecule has 2 aromatic rings. The number of carbonyl (C=O) groups is 1. The number of hydrazone groups is 1. The molecule has 0 saturated heterocycles. The first-order valence-corrected chi connectivity index (χ1v) is 10.2. The summed E-state index contributed by atoms with van der Waals surface area (Å²) >= 11 is 0. The summed E-state index contributed by atoms with van der Waals surface area (Å²) in [4.78, 5) is 12.4. The molecule has 4 nitrogen and oxygen atoms in total. The molecule has 1 heterocycles. The van der Waals surface area contributed by atoms with Crippen LogP contribution in [0.25, 0.3) is 0 Å². The molecule has 2 N–H and O–H groups in total. The van der Waals surface area contributed by atoms with E-state index in [0.29, 0.717) is 0 Å². The second-order valence-corrected chi connectivity index (χ2v) is 8.17. The number of rotatable bonds is 6. The third-order valence-corrected chi connectivity index (χ3v) is 6.32. The monoisotopic (exact) mass is 377 g/mol. The number of urea groups is 1. The zero-order valence-corrected chi connectivity index (χ0v) is 17.4. The van der Waals surface area contributed by atoms with Crippen LogP contribution in [0.5, 0.6) is 0 Å². The number of nitrogens with zero attached hydrogens (tertiary/aromatic N) is 2. The molecule has 2 amide bonds. The van der Waals surface area contributed by atoms with E-state index < -0.39 is 17.0 Å². The Labute approximate surface area is 168 Å². The quantitative estimate of drug-likeness (QED) is 0.715. The average molecular weight is 378 g/mol. The second kappa shape index (κ2) is 7.78. The molecule has 3 rings (SSSR count). The van der Waals surface area contributed by atoms with E-state index in [0.717, 1.165) is 25.0 Å². The lowest BCUT2D eigenvalue weighted by Crippen LogP contribution is -2.60. The van der Waals surface area contributed by atoms with Gasteiger partial charge in [-0.25, -0.2) is 9.80 Å². The highest BCUT2D eigenvalue weighted by Gasteiger charge is 2.61. The fourth-order valence-electron chi connectivity index (χ4n) is 5.00. The van der Waals surface area contributed by atoms with Crippen molar-refractivity contribution in [3.63, 3.8) is 0 Å². The predicted molar refractivity (Wildman–Crippen MR) is 115 cm³/mol. The highest BCUT2D eigenvalue weighted by molar-refractivity contribution is 6.01. The predicted octanol–water partition coefficient (Wildman–Crippen LogP) is 5.45. The first-order valence-electron chi connectivity index (χ1n) is 10.2. The van der Waals surface area contributed by atoms with Crippen molar-refractivity contribution in [2.45, 2.75) is 63.8 Å². The van der Waals surface area contributed by atoms with Gasteiger partial charge in [0.2, 0.25) is 0 Å². The zero-order chi connectivity index (χ0) is 20.4. The Bertz CT molecular complexity index is 845. The van der Waals surface area contributed by atoms with Crippen molar-refractivity contribution in [3.8, 4) is 0 Å². The smallest absolute Gasteiger partial charge is 0.335 e. The molecule has 2 atom stereocenters. The summed E-state index contributed by atoms with van der Waals surface area (Å²) in [5.41, 5.74) is 8.17. The summed E-state index contributed by atoms with van der Waals surface area (Å²) < 4.78 is 0. The lowest BCUT2D eigenvalue weighted by Gasteiger charge is -2.48. The molecule has 1 aliphatic rings. The van der Waals surface area contributed by atoms with Gasteiger partial charge in [-0.2, -0.15) is 5.10 Å². The Hall–Kier alpha value is -2.62. The van der Waals surface area contributed by atoms with Gasteiger partial charge in [0.25, 0.3) is 0 Å². The average Bonchev–Trinajstić information content (AvgIpc) is 2.94. The minimum Gasteiger partial charge on any atom is -0.350 e. The van der Waals surface area contributed by atoms with Crippen LogP contribution >= 0.6 is 0 Å². The molecule has 0 radical (unpaired) electrons. The fraction of sp³-hybridized carbons (Fsp3) is 0.417. The number of unbranched alkanes of at least 4 members (excludes halogenated alkanes) is 1. The number of amides is 2. The largest absolute Gasteiger partial charge is 0.350 e. The molecule has 0 bridgehead atoms. The molecule has 0 aliphatic carbocycles. The molecular weight excluding hydrogens is 346 g/mol. The normalized spacial score (nSPS) is 22.0. The van der Waals surface area contributed by atoms with Crippen molar-refractivity contribution in [3.05, 3.63) is 71.8 Å². The maximum atomic E-state index is 12.4. The lowest BCUT2D eigenvalue weighted by molar-refractivity contribution is 0.116. The first-order chi connectivity index (χ1) is 13.4. The summed E-state index contributed by atoms with van der Waals surface area (Å²) in [5, 5.41) is 6.33. The van der Waals surface area contributed by atoms with Crippen molar-refractivity contribution in [1.82, 2.24) is 5.01 Å². The van der Waals surface area contributed by atoms with Gasteiger partial charge in [0.05, 0.1) is 16.7 Å². The molecule has 2 aromatic carbocycles. The van der Waals surface area contributed by atoms with Crippen LogP contribution in [0.3, 0.4) is 0 Å². The molecule has 28 heavy (non-hydrogen) atoms. The summed E-state index contributed by atoms with van der Waals surface area (Å²) in [5.74, 6) is 0.117. The Morgan fingerprint density at radius 2 is 1.64 bits per heavy atom. The number of primary amides is 1. The third kappa shape index (κ3) is 3.01. The highest BCUT2D eigenvalue weighted by atomic mass is 16.2. The molecule has 1 aliphatic heterocycles. The maximum absolute atomic E-state index is 12.4. The summed E-state index contributed by atoms with van der Waals surface area (Å²) in [7, 11) is 0. The van der Waals surface area contributed by atoms with Crippen molar-refractivity contribution in [2.24, 2.45) is 10.8 Å². The Kier molecular flexibility index (Phi) is 5.59. The standard InChI is InChI=1S/C24H31N3O/c1-5-6-17-21-24(20-15-11-8-12-16-20,18(2)19-13-9-7-10-14-19)23(3,4)27(26-21)22(25)28/h7-16,18H,5-6,17H2,1-4H3,(H2,25,28)/t18-,24?/m0/s1. The maximum Gasteiger partial charge on any atom is 0.335 e. The van der Waals surface area contributed by atoms with Crippen molar-refractivity contribution in [2.75, 3.05) is 0 Å². The highest BCUT2D eigenvalue weighted by Crippen LogP contribution is 2.54. The molecule has 1 unspecified atom stereocenters. The van der Waals surface area contributed by atoms with Crippen LogP contribution in [0.1, 0.15) is 64.0 Å². The van der Waals surface area contributed by atoms with E-state index in [2.05, 4.69) is 76.2 Å². The first kappa shape index (κ1) is 20.1. The zero-order valence-electron chi connectivity index (χ0n) is 17.4. The van der Waals surface area contributed by atoms with E-state index in [1.807, 2.05) is 12.1 Å². The number of hydrogen-bond acceptors (Lipinski definition) is 2. The van der Waals surface area contributed by atoms with Crippen LogP contribution in [-0.2, 0) is 5.41 Å². The van der Waals surface area contributed by atoms with Gasteiger partial charge in [-0.3, -0.25) is 0 Å². The van der Waals surface area contributed by atoms with Crippen molar-refractivity contribution < 1.29 is 4.79 Å². The number of carbonyl (C=O) groups excluding carboxylic acids is 1. The van der Waals surface area contributed by atoms with Crippen LogP contribution in [0.4, 0.5) is 4.79 Å². The van der Waals surface area contributed by atoms with Crippen molar-refractivity contribution >= 4 is 11.7 Å². The van der Waals surface area contributed by atoms with Gasteiger partial charge < -0.3 is 5.73 Å². The molecule has 0 fully saturated rings. The van der Waals surface area contributed by atoms with E-state index in [1.165, 1.54) is 16.1 Å². The van der Waals surface area contributed by atoms with Gasteiger partial charge in [-0.15, -0.1) is 0 Å². The van der Waals surface area contributed by atoms with E-state index in [-0.39, 0.29) is 5.92 Å².